The first-order chi connectivity index (χ1) is 7.19. The molecule has 0 bridgehead atoms. The van der Waals surface area contributed by atoms with Gasteiger partial charge in [-0.05, 0) is 12.1 Å². The Morgan fingerprint density at radius 2 is 2.27 bits per heavy atom. The summed E-state index contributed by atoms with van der Waals surface area (Å²) in [6.07, 6.45) is 0. The summed E-state index contributed by atoms with van der Waals surface area (Å²) in [5.74, 6) is 5.25. The van der Waals surface area contributed by atoms with Gasteiger partial charge in [0.15, 0.2) is 5.71 Å². The molecule has 6 heteroatoms. The average Bonchev–Trinajstić information content (AvgIpc) is 2.55. The van der Waals surface area contributed by atoms with E-state index in [-0.39, 0.29) is 11.6 Å². The number of ether oxygens (including phenoxy) is 1. The smallest absolute Gasteiger partial charge is 0.276 e. The third-order valence-corrected chi connectivity index (χ3v) is 2.53. The summed E-state index contributed by atoms with van der Waals surface area (Å²) in [6.45, 7) is 0. The van der Waals surface area contributed by atoms with Gasteiger partial charge >= 0.3 is 0 Å². The molecule has 0 atom stereocenters. The highest BCUT2D eigenvalue weighted by Crippen LogP contribution is 2.36. The van der Waals surface area contributed by atoms with Gasteiger partial charge in [0, 0.05) is 0 Å². The zero-order valence-corrected chi connectivity index (χ0v) is 8.63. The Kier molecular flexibility index (Phi) is 2.24. The number of nitrogens with one attached hydrogen (secondary N) is 1. The fourth-order valence-electron chi connectivity index (χ4n) is 1.47. The number of carbonyl (C=O) groups is 1. The highest BCUT2D eigenvalue weighted by Gasteiger charge is 2.29. The molecule has 1 aliphatic heterocycles. The summed E-state index contributed by atoms with van der Waals surface area (Å²) in [5, 5.41) is 6.34. The molecular formula is C9H8ClN3O2. The number of carbonyl (C=O) groups excluding carboxylic acids is 1. The quantitative estimate of drug-likeness (QED) is 0.552. The number of fused-ring (bicyclic) bond motifs is 1. The van der Waals surface area contributed by atoms with Crippen molar-refractivity contribution in [1.82, 2.24) is 0 Å². The minimum Gasteiger partial charge on any atom is -0.495 e. The Labute approximate surface area is 90.9 Å². The van der Waals surface area contributed by atoms with Crippen LogP contribution in [-0.2, 0) is 4.79 Å². The van der Waals surface area contributed by atoms with E-state index in [9.17, 15) is 4.79 Å². The summed E-state index contributed by atoms with van der Waals surface area (Å²) >= 11 is 6.04. The van der Waals surface area contributed by atoms with E-state index in [2.05, 4.69) is 10.4 Å². The lowest BCUT2D eigenvalue weighted by Crippen LogP contribution is -2.16. The summed E-state index contributed by atoms with van der Waals surface area (Å²) in [4.78, 5) is 11.4. The van der Waals surface area contributed by atoms with Crippen LogP contribution in [0, 0.1) is 0 Å². The molecule has 0 saturated heterocycles. The van der Waals surface area contributed by atoms with Crippen LogP contribution >= 0.6 is 11.6 Å². The molecular weight excluding hydrogens is 218 g/mol. The molecule has 78 valence electrons. The Hall–Kier alpha value is -1.75. The van der Waals surface area contributed by atoms with E-state index in [1.54, 1.807) is 12.1 Å². The number of benzene rings is 1. The van der Waals surface area contributed by atoms with Crippen LogP contribution in [0.4, 0.5) is 5.69 Å². The molecule has 0 spiro atoms. The zero-order valence-electron chi connectivity index (χ0n) is 7.87. The standard InChI is InChI=1S/C9H8ClN3O2/c1-15-5-3-2-4-6(7(5)10)8(13-11)9(14)12-4/h2-3H,11H2,1H3,(H,12,13,14). The molecule has 2 rings (SSSR count). The van der Waals surface area contributed by atoms with Crippen LogP contribution in [-0.4, -0.2) is 18.7 Å². The molecule has 1 aromatic rings. The monoisotopic (exact) mass is 225 g/mol. The summed E-state index contributed by atoms with van der Waals surface area (Å²) in [6, 6.07) is 3.36. The van der Waals surface area contributed by atoms with Crippen LogP contribution in [0.1, 0.15) is 5.56 Å². The lowest BCUT2D eigenvalue weighted by molar-refractivity contribution is -0.110. The van der Waals surface area contributed by atoms with E-state index >= 15 is 0 Å². The number of amides is 1. The molecule has 0 radical (unpaired) electrons. The molecule has 1 aromatic carbocycles. The topological polar surface area (TPSA) is 76.7 Å². The lowest BCUT2D eigenvalue weighted by Gasteiger charge is -2.06. The van der Waals surface area contributed by atoms with Gasteiger partial charge in [-0.15, -0.1) is 0 Å². The van der Waals surface area contributed by atoms with Crippen LogP contribution < -0.4 is 15.9 Å². The summed E-state index contributed by atoms with van der Waals surface area (Å²) < 4.78 is 5.03. The first-order valence-corrected chi connectivity index (χ1v) is 4.53. The van der Waals surface area contributed by atoms with Crippen molar-refractivity contribution < 1.29 is 9.53 Å². The van der Waals surface area contributed by atoms with Gasteiger partial charge in [0.1, 0.15) is 5.75 Å². The number of rotatable bonds is 1. The van der Waals surface area contributed by atoms with Crippen molar-refractivity contribution in [1.29, 1.82) is 0 Å². The largest absolute Gasteiger partial charge is 0.495 e. The number of hydrogen-bond acceptors (Lipinski definition) is 4. The molecule has 1 aliphatic rings. The van der Waals surface area contributed by atoms with Gasteiger partial charge in [-0.1, -0.05) is 11.6 Å². The maximum absolute atomic E-state index is 11.4. The van der Waals surface area contributed by atoms with Crippen LogP contribution in [0.5, 0.6) is 5.75 Å². The number of halogens is 1. The fourth-order valence-corrected chi connectivity index (χ4v) is 1.80. The molecule has 0 unspecified atom stereocenters. The highest BCUT2D eigenvalue weighted by atomic mass is 35.5. The van der Waals surface area contributed by atoms with Crippen LogP contribution in [0.15, 0.2) is 17.2 Å². The molecule has 0 saturated carbocycles. The second-order valence-corrected chi connectivity index (χ2v) is 3.31. The second kappa shape index (κ2) is 3.43. The number of anilines is 1. The van der Waals surface area contributed by atoms with Gasteiger partial charge in [-0.2, -0.15) is 5.10 Å². The van der Waals surface area contributed by atoms with Gasteiger partial charge in [-0.25, -0.2) is 0 Å². The number of hydrogen-bond donors (Lipinski definition) is 2. The maximum atomic E-state index is 11.4. The predicted molar refractivity (Wildman–Crippen MR) is 57.4 cm³/mol. The Balaban J connectivity index is 2.68. The minimum absolute atomic E-state index is 0.119. The van der Waals surface area contributed by atoms with Crippen molar-refractivity contribution in [2.45, 2.75) is 0 Å². The zero-order chi connectivity index (χ0) is 11.0. The average molecular weight is 226 g/mol. The van der Waals surface area contributed by atoms with E-state index < -0.39 is 0 Å². The normalized spacial score (nSPS) is 16.4. The Bertz CT molecular complexity index is 471. The summed E-state index contributed by atoms with van der Waals surface area (Å²) in [5.41, 5.74) is 1.20. The number of hydrazone groups is 1. The lowest BCUT2D eigenvalue weighted by atomic mass is 10.1. The van der Waals surface area contributed by atoms with Gasteiger partial charge < -0.3 is 15.9 Å². The van der Waals surface area contributed by atoms with Crippen molar-refractivity contribution >= 4 is 28.9 Å². The first kappa shape index (κ1) is 9.79. The number of nitrogens with two attached hydrogens (primary N) is 1. The third-order valence-electron chi connectivity index (χ3n) is 2.16. The SMILES string of the molecule is COc1ccc2c(c1Cl)/C(=N/N)C(=O)N2. The predicted octanol–water partition coefficient (Wildman–Crippen LogP) is 0.963. The number of methoxy groups -OCH3 is 1. The fraction of sp³-hybridized carbons (Fsp3) is 0.111. The van der Waals surface area contributed by atoms with E-state index in [1.165, 1.54) is 7.11 Å². The van der Waals surface area contributed by atoms with Gasteiger partial charge in [0.25, 0.3) is 5.91 Å². The molecule has 0 aliphatic carbocycles. The van der Waals surface area contributed by atoms with E-state index in [0.29, 0.717) is 22.0 Å². The molecule has 15 heavy (non-hydrogen) atoms. The van der Waals surface area contributed by atoms with Crippen molar-refractivity contribution in [2.75, 3.05) is 12.4 Å². The van der Waals surface area contributed by atoms with E-state index in [1.807, 2.05) is 0 Å². The Morgan fingerprint density at radius 3 is 2.87 bits per heavy atom. The van der Waals surface area contributed by atoms with Crippen LogP contribution in [0.2, 0.25) is 5.02 Å². The van der Waals surface area contributed by atoms with Crippen molar-refractivity contribution in [3.05, 3.63) is 22.7 Å². The molecule has 0 aromatic heterocycles. The van der Waals surface area contributed by atoms with Crippen molar-refractivity contribution in [3.63, 3.8) is 0 Å². The molecule has 5 nitrogen and oxygen atoms in total. The first-order valence-electron chi connectivity index (χ1n) is 4.15. The number of nitrogens with zero attached hydrogens (tertiary/aromatic N) is 1. The maximum Gasteiger partial charge on any atom is 0.276 e. The third kappa shape index (κ3) is 1.32. The second-order valence-electron chi connectivity index (χ2n) is 2.94. The molecule has 1 amide bonds. The van der Waals surface area contributed by atoms with Gasteiger partial charge in [0.05, 0.1) is 23.4 Å². The van der Waals surface area contributed by atoms with Crippen LogP contribution in [0.3, 0.4) is 0 Å². The Morgan fingerprint density at radius 1 is 1.53 bits per heavy atom. The highest BCUT2D eigenvalue weighted by molar-refractivity contribution is 6.56. The minimum atomic E-state index is -0.359. The molecule has 3 N–H and O–H groups in total. The summed E-state index contributed by atoms with van der Waals surface area (Å²) in [7, 11) is 1.50. The van der Waals surface area contributed by atoms with E-state index in [0.717, 1.165) is 0 Å². The van der Waals surface area contributed by atoms with Crippen molar-refractivity contribution in [3.8, 4) is 5.75 Å². The van der Waals surface area contributed by atoms with Crippen molar-refractivity contribution in [2.24, 2.45) is 10.9 Å². The van der Waals surface area contributed by atoms with E-state index in [4.69, 9.17) is 22.2 Å². The van der Waals surface area contributed by atoms with Crippen LogP contribution in [0.25, 0.3) is 0 Å². The molecule has 0 fully saturated rings. The van der Waals surface area contributed by atoms with Gasteiger partial charge in [-0.3, -0.25) is 4.79 Å². The van der Waals surface area contributed by atoms with Gasteiger partial charge in [0.2, 0.25) is 0 Å². The molecule has 1 heterocycles.